The molecule has 3 aromatic heterocycles. The standard InChI is InChI=1S/C17H22N6O2/c1-11(8-24-3)20-17-18-6-16-15(4-12(2)23(16)21-17)13-5-19-22(7-13)14-9-25-10-14/h4-7,11,14H,8-10H2,1-3H3,(H,20,21)/t11-/m0/s1. The highest BCUT2D eigenvalue weighted by Crippen LogP contribution is 2.28. The molecule has 1 atom stereocenters. The van der Waals surface area contributed by atoms with Gasteiger partial charge in [-0.25, -0.2) is 9.50 Å². The van der Waals surface area contributed by atoms with Crippen molar-refractivity contribution in [2.24, 2.45) is 0 Å². The van der Waals surface area contributed by atoms with Gasteiger partial charge in [-0.05, 0) is 19.9 Å². The number of aromatic nitrogens is 5. The van der Waals surface area contributed by atoms with Crippen molar-refractivity contribution in [2.45, 2.75) is 25.9 Å². The van der Waals surface area contributed by atoms with E-state index < -0.39 is 0 Å². The average Bonchev–Trinajstić information content (AvgIpc) is 3.11. The molecule has 0 aliphatic carbocycles. The molecular formula is C17H22N6O2. The molecule has 1 aliphatic heterocycles. The van der Waals surface area contributed by atoms with Gasteiger partial charge in [0.25, 0.3) is 0 Å². The van der Waals surface area contributed by atoms with Gasteiger partial charge in [0.15, 0.2) is 0 Å². The molecule has 4 heterocycles. The molecule has 0 unspecified atom stereocenters. The second-order valence-corrected chi connectivity index (χ2v) is 6.48. The van der Waals surface area contributed by atoms with Crippen molar-refractivity contribution in [1.29, 1.82) is 0 Å². The van der Waals surface area contributed by atoms with Crippen molar-refractivity contribution < 1.29 is 9.47 Å². The third-order valence-electron chi connectivity index (χ3n) is 4.39. The van der Waals surface area contributed by atoms with Gasteiger partial charge in [0, 0.05) is 36.2 Å². The van der Waals surface area contributed by atoms with Crippen molar-refractivity contribution in [3.63, 3.8) is 0 Å². The first-order chi connectivity index (χ1) is 12.2. The number of hydrogen-bond donors (Lipinski definition) is 1. The first kappa shape index (κ1) is 16.0. The van der Waals surface area contributed by atoms with Gasteiger partial charge in [-0.2, -0.15) is 5.10 Å². The van der Waals surface area contributed by atoms with Gasteiger partial charge in [-0.1, -0.05) is 0 Å². The van der Waals surface area contributed by atoms with Crippen LogP contribution in [0.2, 0.25) is 0 Å². The van der Waals surface area contributed by atoms with Crippen LogP contribution in [0, 0.1) is 6.92 Å². The van der Waals surface area contributed by atoms with E-state index in [1.165, 1.54) is 0 Å². The highest BCUT2D eigenvalue weighted by atomic mass is 16.5. The lowest BCUT2D eigenvalue weighted by Gasteiger charge is -2.25. The van der Waals surface area contributed by atoms with Crippen LogP contribution in [0.1, 0.15) is 18.7 Å². The molecule has 0 amide bonds. The molecule has 0 aromatic carbocycles. The molecule has 25 heavy (non-hydrogen) atoms. The number of rotatable bonds is 6. The summed E-state index contributed by atoms with van der Waals surface area (Å²) in [4.78, 5) is 4.45. The summed E-state index contributed by atoms with van der Waals surface area (Å²) in [6.45, 7) is 6.13. The topological polar surface area (TPSA) is 78.5 Å². The van der Waals surface area contributed by atoms with Crippen LogP contribution in [0.4, 0.5) is 5.95 Å². The molecule has 0 saturated carbocycles. The maximum absolute atomic E-state index is 5.24. The van der Waals surface area contributed by atoms with Crippen molar-refractivity contribution >= 4 is 11.5 Å². The number of ether oxygens (including phenoxy) is 2. The van der Waals surface area contributed by atoms with Gasteiger partial charge in [0.2, 0.25) is 5.95 Å². The second-order valence-electron chi connectivity index (χ2n) is 6.48. The highest BCUT2D eigenvalue weighted by molar-refractivity contribution is 5.80. The summed E-state index contributed by atoms with van der Waals surface area (Å²) in [7, 11) is 1.68. The van der Waals surface area contributed by atoms with E-state index in [-0.39, 0.29) is 6.04 Å². The largest absolute Gasteiger partial charge is 0.383 e. The van der Waals surface area contributed by atoms with E-state index >= 15 is 0 Å². The molecule has 0 radical (unpaired) electrons. The molecule has 4 rings (SSSR count). The average molecular weight is 342 g/mol. The number of fused-ring (bicyclic) bond motifs is 1. The summed E-state index contributed by atoms with van der Waals surface area (Å²) < 4.78 is 14.3. The van der Waals surface area contributed by atoms with Gasteiger partial charge in [0.1, 0.15) is 0 Å². The molecular weight excluding hydrogens is 320 g/mol. The third-order valence-corrected chi connectivity index (χ3v) is 4.39. The Morgan fingerprint density at radius 3 is 2.96 bits per heavy atom. The quantitative estimate of drug-likeness (QED) is 0.737. The maximum atomic E-state index is 5.24. The number of hydrogen-bond acceptors (Lipinski definition) is 6. The zero-order valence-electron chi connectivity index (χ0n) is 14.6. The monoisotopic (exact) mass is 342 g/mol. The summed E-state index contributed by atoms with van der Waals surface area (Å²) in [6, 6.07) is 2.60. The first-order valence-corrected chi connectivity index (χ1v) is 8.39. The Labute approximate surface area is 145 Å². The molecule has 3 aromatic rings. The fourth-order valence-corrected chi connectivity index (χ4v) is 3.01. The minimum atomic E-state index is 0.140. The normalized spacial score (nSPS) is 16.1. The van der Waals surface area contributed by atoms with Gasteiger partial charge >= 0.3 is 0 Å². The molecule has 8 nitrogen and oxygen atoms in total. The second kappa shape index (κ2) is 6.45. The van der Waals surface area contributed by atoms with Crippen LogP contribution in [0.5, 0.6) is 0 Å². The predicted octanol–water partition coefficient (Wildman–Crippen LogP) is 1.92. The number of nitrogens with one attached hydrogen (secondary N) is 1. The summed E-state index contributed by atoms with van der Waals surface area (Å²) in [5.41, 5.74) is 4.16. The molecule has 0 spiro atoms. The van der Waals surface area contributed by atoms with Crippen molar-refractivity contribution in [3.05, 3.63) is 30.4 Å². The Morgan fingerprint density at radius 2 is 2.24 bits per heavy atom. The smallest absolute Gasteiger partial charge is 0.241 e. The van der Waals surface area contributed by atoms with E-state index in [1.54, 1.807) is 7.11 Å². The van der Waals surface area contributed by atoms with E-state index in [0.717, 1.165) is 35.6 Å². The Balaban J connectivity index is 1.65. The van der Waals surface area contributed by atoms with E-state index in [1.807, 2.05) is 35.4 Å². The van der Waals surface area contributed by atoms with Crippen LogP contribution in [0.3, 0.4) is 0 Å². The van der Waals surface area contributed by atoms with E-state index in [0.29, 0.717) is 18.6 Å². The summed E-state index contributed by atoms with van der Waals surface area (Å²) in [5, 5.41) is 12.3. The maximum Gasteiger partial charge on any atom is 0.241 e. The number of aryl methyl sites for hydroxylation is 1. The van der Waals surface area contributed by atoms with Gasteiger partial charge in [-0.3, -0.25) is 4.68 Å². The predicted molar refractivity (Wildman–Crippen MR) is 93.8 cm³/mol. The van der Waals surface area contributed by atoms with Crippen LogP contribution in [-0.4, -0.2) is 57.4 Å². The SMILES string of the molecule is COC[C@H](C)Nc1ncc2c(-c3cnn(C4COC4)c3)cc(C)n2n1. The Hall–Kier alpha value is -2.45. The lowest BCUT2D eigenvalue weighted by atomic mass is 10.1. The van der Waals surface area contributed by atoms with Crippen LogP contribution in [0.15, 0.2) is 24.7 Å². The van der Waals surface area contributed by atoms with E-state index in [2.05, 4.69) is 32.8 Å². The zero-order chi connectivity index (χ0) is 17.4. The van der Waals surface area contributed by atoms with Crippen molar-refractivity contribution in [3.8, 4) is 11.1 Å². The van der Waals surface area contributed by atoms with Gasteiger partial charge in [-0.15, -0.1) is 5.10 Å². The summed E-state index contributed by atoms with van der Waals surface area (Å²) in [6.07, 6.45) is 5.80. The van der Waals surface area contributed by atoms with E-state index in [9.17, 15) is 0 Å². The highest BCUT2D eigenvalue weighted by Gasteiger charge is 2.22. The lowest BCUT2D eigenvalue weighted by Crippen LogP contribution is -2.30. The molecule has 1 saturated heterocycles. The minimum absolute atomic E-state index is 0.140. The number of nitrogens with zero attached hydrogens (tertiary/aromatic N) is 5. The number of methoxy groups -OCH3 is 1. The molecule has 8 heteroatoms. The minimum Gasteiger partial charge on any atom is -0.383 e. The molecule has 1 N–H and O–H groups in total. The third kappa shape index (κ3) is 2.98. The van der Waals surface area contributed by atoms with Crippen LogP contribution < -0.4 is 5.32 Å². The van der Waals surface area contributed by atoms with Gasteiger partial charge < -0.3 is 14.8 Å². The van der Waals surface area contributed by atoms with Crippen LogP contribution in [0.25, 0.3) is 16.6 Å². The fourth-order valence-electron chi connectivity index (χ4n) is 3.01. The molecule has 1 fully saturated rings. The molecule has 1 aliphatic rings. The Bertz CT molecular complexity index is 883. The molecule has 132 valence electrons. The summed E-state index contributed by atoms with van der Waals surface area (Å²) in [5.74, 6) is 0.588. The lowest BCUT2D eigenvalue weighted by molar-refractivity contribution is -0.0286. The van der Waals surface area contributed by atoms with Crippen LogP contribution >= 0.6 is 0 Å². The van der Waals surface area contributed by atoms with Crippen molar-refractivity contribution in [2.75, 3.05) is 32.2 Å². The molecule has 0 bridgehead atoms. The Morgan fingerprint density at radius 1 is 1.40 bits per heavy atom. The zero-order valence-corrected chi connectivity index (χ0v) is 14.6. The first-order valence-electron chi connectivity index (χ1n) is 8.39. The van der Waals surface area contributed by atoms with E-state index in [4.69, 9.17) is 9.47 Å². The van der Waals surface area contributed by atoms with Gasteiger partial charge in [0.05, 0.1) is 43.8 Å². The number of anilines is 1. The fraction of sp³-hybridized carbons (Fsp3) is 0.471. The summed E-state index contributed by atoms with van der Waals surface area (Å²) >= 11 is 0. The van der Waals surface area contributed by atoms with Crippen LogP contribution in [-0.2, 0) is 9.47 Å². The van der Waals surface area contributed by atoms with Crippen molar-refractivity contribution in [1.82, 2.24) is 24.4 Å². The Kier molecular flexibility index (Phi) is 4.14.